The molecule has 0 aliphatic heterocycles. The van der Waals surface area contributed by atoms with E-state index in [2.05, 4.69) is 5.32 Å². The molecule has 1 aromatic rings. The van der Waals surface area contributed by atoms with E-state index in [0.29, 0.717) is 24.8 Å². The van der Waals surface area contributed by atoms with Crippen molar-refractivity contribution >= 4 is 6.29 Å². The van der Waals surface area contributed by atoms with Crippen molar-refractivity contribution in [1.82, 2.24) is 5.32 Å². The highest BCUT2D eigenvalue weighted by atomic mass is 19.1. The quantitative estimate of drug-likeness (QED) is 0.639. The monoisotopic (exact) mass is 241 g/mol. The first kappa shape index (κ1) is 13.8. The Kier molecular flexibility index (Phi) is 5.21. The van der Waals surface area contributed by atoms with E-state index in [1.807, 2.05) is 0 Å². The maximum atomic E-state index is 13.1. The number of nitrogens with one attached hydrogen (secondary N) is 1. The number of halogens is 1. The van der Waals surface area contributed by atoms with E-state index in [1.54, 1.807) is 7.05 Å². The van der Waals surface area contributed by atoms with Gasteiger partial charge in [0.2, 0.25) is 0 Å². The second-order valence-corrected chi connectivity index (χ2v) is 3.80. The van der Waals surface area contributed by atoms with Gasteiger partial charge in [0.25, 0.3) is 0 Å². The standard InChI is InChI=1S/C12H16FNO3/c1-14-5-4-11(16)12(17)8-2-3-10(13)9(6-8)7-15/h2-3,6-7,11-12,14,16-17H,4-5H2,1H3. The summed E-state index contributed by atoms with van der Waals surface area (Å²) in [4.78, 5) is 10.5. The third kappa shape index (κ3) is 3.59. The number of hydrogen-bond donors (Lipinski definition) is 3. The molecule has 0 saturated heterocycles. The molecular weight excluding hydrogens is 225 g/mol. The van der Waals surface area contributed by atoms with Crippen LogP contribution < -0.4 is 5.32 Å². The lowest BCUT2D eigenvalue weighted by atomic mass is 10.00. The van der Waals surface area contributed by atoms with Crippen LogP contribution in [0.2, 0.25) is 0 Å². The van der Waals surface area contributed by atoms with Gasteiger partial charge in [0.05, 0.1) is 11.7 Å². The molecule has 0 spiro atoms. The predicted octanol–water partition coefficient (Wildman–Crippen LogP) is 0.642. The van der Waals surface area contributed by atoms with E-state index in [0.717, 1.165) is 6.07 Å². The van der Waals surface area contributed by atoms with Crippen molar-refractivity contribution in [3.05, 3.63) is 35.1 Å². The van der Waals surface area contributed by atoms with Crippen molar-refractivity contribution in [3.63, 3.8) is 0 Å². The highest BCUT2D eigenvalue weighted by Gasteiger charge is 2.18. The Morgan fingerprint density at radius 3 is 2.76 bits per heavy atom. The van der Waals surface area contributed by atoms with Crippen molar-refractivity contribution in [1.29, 1.82) is 0 Å². The van der Waals surface area contributed by atoms with Crippen LogP contribution in [0.4, 0.5) is 4.39 Å². The minimum Gasteiger partial charge on any atom is -0.390 e. The zero-order valence-electron chi connectivity index (χ0n) is 9.56. The van der Waals surface area contributed by atoms with Crippen LogP contribution in [0.5, 0.6) is 0 Å². The van der Waals surface area contributed by atoms with E-state index in [4.69, 9.17) is 0 Å². The number of aliphatic hydroxyl groups is 2. The summed E-state index contributed by atoms with van der Waals surface area (Å²) in [5, 5.41) is 22.3. The fraction of sp³-hybridized carbons (Fsp3) is 0.417. The van der Waals surface area contributed by atoms with Crippen LogP contribution in [0.15, 0.2) is 18.2 Å². The number of benzene rings is 1. The van der Waals surface area contributed by atoms with Crippen LogP contribution in [0.3, 0.4) is 0 Å². The molecule has 2 unspecified atom stereocenters. The van der Waals surface area contributed by atoms with Crippen LogP contribution in [0.1, 0.15) is 28.4 Å². The third-order valence-corrected chi connectivity index (χ3v) is 2.54. The van der Waals surface area contributed by atoms with E-state index >= 15 is 0 Å². The van der Waals surface area contributed by atoms with Gasteiger partial charge in [0, 0.05) is 0 Å². The summed E-state index contributed by atoms with van der Waals surface area (Å²) >= 11 is 0. The number of aldehydes is 1. The number of hydrogen-bond acceptors (Lipinski definition) is 4. The van der Waals surface area contributed by atoms with Crippen LogP contribution in [0.25, 0.3) is 0 Å². The van der Waals surface area contributed by atoms with Crippen LogP contribution in [-0.2, 0) is 0 Å². The summed E-state index contributed by atoms with van der Waals surface area (Å²) in [6.45, 7) is 0.556. The Bertz CT molecular complexity index is 384. The summed E-state index contributed by atoms with van der Waals surface area (Å²) in [5.74, 6) is -0.638. The Morgan fingerprint density at radius 2 is 2.18 bits per heavy atom. The first-order chi connectivity index (χ1) is 8.10. The lowest BCUT2D eigenvalue weighted by molar-refractivity contribution is 0.0140. The van der Waals surface area contributed by atoms with E-state index in [-0.39, 0.29) is 5.56 Å². The van der Waals surface area contributed by atoms with Crippen molar-refractivity contribution in [2.45, 2.75) is 18.6 Å². The summed E-state index contributed by atoms with van der Waals surface area (Å²) < 4.78 is 13.1. The Morgan fingerprint density at radius 1 is 1.47 bits per heavy atom. The Hall–Kier alpha value is -1.30. The predicted molar refractivity (Wildman–Crippen MR) is 61.3 cm³/mol. The molecule has 2 atom stereocenters. The van der Waals surface area contributed by atoms with E-state index in [1.165, 1.54) is 12.1 Å². The molecule has 0 aliphatic rings. The first-order valence-electron chi connectivity index (χ1n) is 5.35. The first-order valence-corrected chi connectivity index (χ1v) is 5.35. The summed E-state index contributed by atoms with van der Waals surface area (Å²) in [5.41, 5.74) is 0.208. The molecule has 4 nitrogen and oxygen atoms in total. The highest BCUT2D eigenvalue weighted by molar-refractivity contribution is 5.75. The summed E-state index contributed by atoms with van der Waals surface area (Å²) in [7, 11) is 1.74. The van der Waals surface area contributed by atoms with Crippen LogP contribution in [-0.4, -0.2) is 36.2 Å². The summed E-state index contributed by atoms with van der Waals surface area (Å²) in [6, 6.07) is 3.71. The SMILES string of the molecule is CNCCC(O)C(O)c1ccc(F)c(C=O)c1. The number of carbonyl (C=O) groups is 1. The van der Waals surface area contributed by atoms with Gasteiger partial charge < -0.3 is 15.5 Å². The maximum Gasteiger partial charge on any atom is 0.153 e. The lowest BCUT2D eigenvalue weighted by Gasteiger charge is -2.18. The van der Waals surface area contributed by atoms with E-state index < -0.39 is 18.0 Å². The number of carbonyl (C=O) groups excluding carboxylic acids is 1. The minimum absolute atomic E-state index is 0.123. The zero-order valence-corrected chi connectivity index (χ0v) is 9.56. The Balaban J connectivity index is 2.81. The molecule has 94 valence electrons. The molecule has 0 radical (unpaired) electrons. The molecule has 0 saturated carbocycles. The second kappa shape index (κ2) is 6.44. The molecule has 3 N–H and O–H groups in total. The molecule has 1 rings (SSSR count). The van der Waals surface area contributed by atoms with Gasteiger partial charge >= 0.3 is 0 Å². The van der Waals surface area contributed by atoms with Gasteiger partial charge in [-0.05, 0) is 37.7 Å². The molecular formula is C12H16FNO3. The number of rotatable bonds is 6. The molecule has 0 aliphatic carbocycles. The van der Waals surface area contributed by atoms with Crippen molar-refractivity contribution < 1.29 is 19.4 Å². The minimum atomic E-state index is -1.12. The molecule has 0 amide bonds. The van der Waals surface area contributed by atoms with Gasteiger partial charge in [-0.25, -0.2) is 4.39 Å². The molecule has 0 fully saturated rings. The van der Waals surface area contributed by atoms with Crippen molar-refractivity contribution in [3.8, 4) is 0 Å². The van der Waals surface area contributed by atoms with Gasteiger partial charge in [0.1, 0.15) is 11.9 Å². The van der Waals surface area contributed by atoms with E-state index in [9.17, 15) is 19.4 Å². The smallest absolute Gasteiger partial charge is 0.153 e. The molecule has 5 heteroatoms. The van der Waals surface area contributed by atoms with Crippen LogP contribution in [0, 0.1) is 5.82 Å². The third-order valence-electron chi connectivity index (χ3n) is 2.54. The van der Waals surface area contributed by atoms with Gasteiger partial charge in [-0.3, -0.25) is 4.79 Å². The average molecular weight is 241 g/mol. The summed E-state index contributed by atoms with van der Waals surface area (Å²) in [6.07, 6.45) is -1.33. The largest absolute Gasteiger partial charge is 0.390 e. The molecule has 0 heterocycles. The molecule has 1 aromatic carbocycles. The lowest BCUT2D eigenvalue weighted by Crippen LogP contribution is -2.23. The van der Waals surface area contributed by atoms with Gasteiger partial charge in [0.15, 0.2) is 6.29 Å². The average Bonchev–Trinajstić information content (AvgIpc) is 2.35. The van der Waals surface area contributed by atoms with Gasteiger partial charge in [-0.15, -0.1) is 0 Å². The topological polar surface area (TPSA) is 69.6 Å². The molecule has 17 heavy (non-hydrogen) atoms. The van der Waals surface area contributed by atoms with Crippen LogP contribution >= 0.6 is 0 Å². The zero-order chi connectivity index (χ0) is 12.8. The fourth-order valence-electron chi connectivity index (χ4n) is 1.51. The number of aliphatic hydroxyl groups excluding tert-OH is 2. The molecule has 0 aromatic heterocycles. The van der Waals surface area contributed by atoms with Gasteiger partial charge in [-0.2, -0.15) is 0 Å². The normalized spacial score (nSPS) is 14.4. The van der Waals surface area contributed by atoms with Gasteiger partial charge in [-0.1, -0.05) is 6.07 Å². The fourth-order valence-corrected chi connectivity index (χ4v) is 1.51. The van der Waals surface area contributed by atoms with Crippen molar-refractivity contribution in [2.75, 3.05) is 13.6 Å². The maximum absolute atomic E-state index is 13.1. The molecule has 0 bridgehead atoms. The Labute approximate surface area is 99.1 Å². The second-order valence-electron chi connectivity index (χ2n) is 3.80. The van der Waals surface area contributed by atoms with Crippen molar-refractivity contribution in [2.24, 2.45) is 0 Å². The highest BCUT2D eigenvalue weighted by Crippen LogP contribution is 2.20.